The van der Waals surface area contributed by atoms with Crippen LogP contribution in [0.15, 0.2) is 66.7 Å². The fourth-order valence-corrected chi connectivity index (χ4v) is 9.22. The fraction of sp³-hybridized carbons (Fsp3) is 0.320. The first kappa shape index (κ1) is 18.4. The Bertz CT molecular complexity index is 996. The van der Waals surface area contributed by atoms with Gasteiger partial charge in [-0.15, -0.1) is 0 Å². The van der Waals surface area contributed by atoms with E-state index in [2.05, 4.69) is 94.4 Å². The highest BCUT2D eigenvalue weighted by Gasteiger charge is 2.48. The lowest BCUT2D eigenvalue weighted by Crippen LogP contribution is -2.43. The molecule has 0 N–H and O–H groups in total. The van der Waals surface area contributed by atoms with E-state index in [1.807, 2.05) is 0 Å². The van der Waals surface area contributed by atoms with Crippen LogP contribution in [0.3, 0.4) is 0 Å². The lowest BCUT2D eigenvalue weighted by atomic mass is 9.96. The molecule has 2 heteroatoms. The van der Waals surface area contributed by atoms with E-state index in [0.29, 0.717) is 18.6 Å². The molecule has 0 saturated carbocycles. The highest BCUT2D eigenvalue weighted by atomic mass is 31.1. The summed E-state index contributed by atoms with van der Waals surface area (Å²) < 4.78 is 0. The van der Waals surface area contributed by atoms with E-state index in [1.54, 1.807) is 0 Å². The minimum Gasteiger partial charge on any atom is -0.300 e. The zero-order chi connectivity index (χ0) is 19.2. The summed E-state index contributed by atoms with van der Waals surface area (Å²) in [4.78, 5) is 12.4. The molecule has 1 aliphatic heterocycles. The maximum Gasteiger partial charge on any atom is 0.134 e. The molecule has 0 unspecified atom stereocenters. The van der Waals surface area contributed by atoms with Gasteiger partial charge in [-0.1, -0.05) is 96.3 Å². The molecular weight excluding hydrogens is 347 g/mol. The summed E-state index contributed by atoms with van der Waals surface area (Å²) >= 11 is 0. The first-order chi connectivity index (χ1) is 12.8. The van der Waals surface area contributed by atoms with E-state index in [0.717, 1.165) is 0 Å². The van der Waals surface area contributed by atoms with Crippen molar-refractivity contribution >= 4 is 29.8 Å². The molecule has 0 spiro atoms. The fourth-order valence-electron chi connectivity index (χ4n) is 4.93. The number of fused-ring (bicyclic) bond motifs is 1. The van der Waals surface area contributed by atoms with E-state index in [9.17, 15) is 4.79 Å². The van der Waals surface area contributed by atoms with Crippen molar-refractivity contribution in [2.45, 2.75) is 50.8 Å². The Morgan fingerprint density at radius 2 is 1.33 bits per heavy atom. The van der Waals surface area contributed by atoms with Gasteiger partial charge >= 0.3 is 0 Å². The Balaban J connectivity index is 1.89. The monoisotopic (exact) mass is 374 g/mol. The van der Waals surface area contributed by atoms with Crippen LogP contribution in [0.25, 0.3) is 21.9 Å². The molecule has 1 fully saturated rings. The molecule has 1 saturated heterocycles. The van der Waals surface area contributed by atoms with Gasteiger partial charge in [0.1, 0.15) is 5.78 Å². The molecule has 0 atom stereocenters. The minimum absolute atomic E-state index is 0.0150. The third kappa shape index (κ3) is 3.34. The smallest absolute Gasteiger partial charge is 0.134 e. The van der Waals surface area contributed by atoms with Crippen LogP contribution in [0.5, 0.6) is 0 Å². The quantitative estimate of drug-likeness (QED) is 0.466. The van der Waals surface area contributed by atoms with Crippen molar-refractivity contribution in [3.05, 3.63) is 66.7 Å². The molecule has 0 aliphatic carbocycles. The molecule has 3 aromatic carbocycles. The second kappa shape index (κ2) is 6.57. The Morgan fingerprint density at radius 3 is 2.04 bits per heavy atom. The maximum atomic E-state index is 12.4. The van der Waals surface area contributed by atoms with Gasteiger partial charge in [-0.3, -0.25) is 4.79 Å². The van der Waals surface area contributed by atoms with Crippen molar-refractivity contribution in [2.24, 2.45) is 0 Å². The Hall–Kier alpha value is -1.98. The Morgan fingerprint density at radius 1 is 0.741 bits per heavy atom. The van der Waals surface area contributed by atoms with Crippen molar-refractivity contribution in [1.29, 1.82) is 0 Å². The third-order valence-electron chi connectivity index (χ3n) is 5.68. The molecule has 0 amide bonds. The van der Waals surface area contributed by atoms with Gasteiger partial charge in [0.25, 0.3) is 0 Å². The van der Waals surface area contributed by atoms with Gasteiger partial charge in [-0.05, 0) is 43.6 Å². The largest absolute Gasteiger partial charge is 0.300 e. The molecule has 0 aromatic heterocycles. The average Bonchev–Trinajstić information content (AvgIpc) is 2.59. The first-order valence-corrected chi connectivity index (χ1v) is 11.0. The predicted molar refractivity (Wildman–Crippen MR) is 118 cm³/mol. The van der Waals surface area contributed by atoms with Crippen molar-refractivity contribution < 1.29 is 4.79 Å². The van der Waals surface area contributed by atoms with E-state index in [4.69, 9.17) is 0 Å². The van der Waals surface area contributed by atoms with Gasteiger partial charge in [0.05, 0.1) is 0 Å². The molecule has 3 aromatic rings. The van der Waals surface area contributed by atoms with E-state index in [-0.39, 0.29) is 10.3 Å². The van der Waals surface area contributed by atoms with E-state index in [1.165, 1.54) is 27.2 Å². The molecule has 0 bridgehead atoms. The van der Waals surface area contributed by atoms with Crippen LogP contribution in [-0.2, 0) is 4.79 Å². The molecule has 1 nitrogen and oxygen atoms in total. The Labute approximate surface area is 163 Å². The molecule has 1 aliphatic rings. The van der Waals surface area contributed by atoms with Crippen molar-refractivity contribution in [3.8, 4) is 11.1 Å². The van der Waals surface area contributed by atoms with Crippen LogP contribution in [-0.4, -0.2) is 16.1 Å². The summed E-state index contributed by atoms with van der Waals surface area (Å²) in [6.07, 6.45) is 1.38. The zero-order valence-corrected chi connectivity index (χ0v) is 17.5. The van der Waals surface area contributed by atoms with Crippen LogP contribution in [0.2, 0.25) is 0 Å². The van der Waals surface area contributed by atoms with Gasteiger partial charge in [-0.25, -0.2) is 0 Å². The first-order valence-electron chi connectivity index (χ1n) is 9.68. The molecular formula is C25H27OP. The topological polar surface area (TPSA) is 17.1 Å². The lowest BCUT2D eigenvalue weighted by Gasteiger charge is -2.49. The van der Waals surface area contributed by atoms with E-state index < -0.39 is 7.92 Å². The van der Waals surface area contributed by atoms with Crippen LogP contribution in [0.4, 0.5) is 0 Å². The number of benzene rings is 3. The highest BCUT2D eigenvalue weighted by Crippen LogP contribution is 2.65. The van der Waals surface area contributed by atoms with Crippen molar-refractivity contribution in [1.82, 2.24) is 0 Å². The summed E-state index contributed by atoms with van der Waals surface area (Å²) in [5.41, 5.74) is 2.60. The van der Waals surface area contributed by atoms with Gasteiger partial charge < -0.3 is 0 Å². The maximum absolute atomic E-state index is 12.4. The second-order valence-corrected chi connectivity index (χ2v) is 12.5. The predicted octanol–water partition coefficient (Wildman–Crippen LogP) is 6.53. The number of hydrogen-bond donors (Lipinski definition) is 0. The molecule has 1 heterocycles. The normalized spacial score (nSPS) is 19.3. The van der Waals surface area contributed by atoms with Crippen molar-refractivity contribution in [3.63, 3.8) is 0 Å². The number of ketones is 1. The minimum atomic E-state index is -0.488. The Kier molecular flexibility index (Phi) is 4.47. The van der Waals surface area contributed by atoms with Crippen molar-refractivity contribution in [2.75, 3.05) is 0 Å². The van der Waals surface area contributed by atoms with Crippen LogP contribution >= 0.6 is 7.92 Å². The molecule has 138 valence electrons. The zero-order valence-electron chi connectivity index (χ0n) is 16.6. The SMILES string of the molecule is CC1(C)CC(=O)CC(C)(C)P1c1ccccc1-c1ccc2ccccc2c1. The van der Waals surface area contributed by atoms with Gasteiger partial charge in [-0.2, -0.15) is 0 Å². The van der Waals surface area contributed by atoms with Crippen LogP contribution in [0, 0.1) is 0 Å². The summed E-state index contributed by atoms with van der Waals surface area (Å²) in [6, 6.07) is 24.1. The summed E-state index contributed by atoms with van der Waals surface area (Å²) in [6.45, 7) is 9.15. The summed E-state index contributed by atoms with van der Waals surface area (Å²) in [5.74, 6) is 0.409. The summed E-state index contributed by atoms with van der Waals surface area (Å²) in [5, 5.41) is 4.01. The number of carbonyl (C=O) groups is 1. The summed E-state index contributed by atoms with van der Waals surface area (Å²) in [7, 11) is -0.488. The van der Waals surface area contributed by atoms with Gasteiger partial charge in [0.15, 0.2) is 0 Å². The second-order valence-electron chi connectivity index (χ2n) is 8.93. The highest BCUT2D eigenvalue weighted by molar-refractivity contribution is 7.69. The number of rotatable bonds is 2. The van der Waals surface area contributed by atoms with Crippen LogP contribution < -0.4 is 5.30 Å². The number of carbonyl (C=O) groups excluding carboxylic acids is 1. The molecule has 4 rings (SSSR count). The van der Waals surface area contributed by atoms with Crippen LogP contribution in [0.1, 0.15) is 40.5 Å². The molecule has 27 heavy (non-hydrogen) atoms. The lowest BCUT2D eigenvalue weighted by molar-refractivity contribution is -0.120. The van der Waals surface area contributed by atoms with E-state index >= 15 is 0 Å². The third-order valence-corrected chi connectivity index (χ3v) is 9.28. The molecule has 0 radical (unpaired) electrons. The van der Waals surface area contributed by atoms with Gasteiger partial charge in [0.2, 0.25) is 0 Å². The average molecular weight is 374 g/mol. The van der Waals surface area contributed by atoms with Gasteiger partial charge in [0, 0.05) is 12.8 Å². The standard InChI is InChI=1S/C25H27OP/c1-24(2)16-21(26)17-25(3,4)27(24)23-12-8-7-11-22(23)20-14-13-18-9-5-6-10-19(18)15-20/h5-15H,16-17H2,1-4H3. The number of hydrogen-bond acceptors (Lipinski definition) is 1. The number of Topliss-reactive ketones (excluding diaryl/α,β-unsaturated/α-hetero) is 1.